The molecule has 1 fully saturated rings. The number of sulfonamides is 1. The molecular weight excluding hydrogens is 286 g/mol. The van der Waals surface area contributed by atoms with Crippen LogP contribution in [0.25, 0.3) is 0 Å². The highest BCUT2D eigenvalue weighted by molar-refractivity contribution is 7.89. The second-order valence-electron chi connectivity index (χ2n) is 6.31. The van der Waals surface area contributed by atoms with Crippen LogP contribution in [0.15, 0.2) is 23.4 Å². The molecule has 1 aliphatic heterocycles. The van der Waals surface area contributed by atoms with Crippen LogP contribution < -0.4 is 5.32 Å². The van der Waals surface area contributed by atoms with Crippen molar-refractivity contribution in [3.05, 3.63) is 18.3 Å². The summed E-state index contributed by atoms with van der Waals surface area (Å²) >= 11 is 0. The zero-order chi connectivity index (χ0) is 15.5. The largest absolute Gasteiger partial charge is 0.383 e. The minimum atomic E-state index is -3.53. The van der Waals surface area contributed by atoms with Crippen LogP contribution in [0.5, 0.6) is 0 Å². The Morgan fingerprint density at radius 2 is 2.10 bits per heavy atom. The second-order valence-corrected chi connectivity index (χ2v) is 8.16. The smallest absolute Gasteiger partial charge is 0.262 e. The number of nitrogens with zero attached hydrogens (tertiary/aromatic N) is 2. The quantitative estimate of drug-likeness (QED) is 0.928. The molecule has 2 heterocycles. The van der Waals surface area contributed by atoms with E-state index in [9.17, 15) is 8.42 Å². The Morgan fingerprint density at radius 1 is 1.33 bits per heavy atom. The van der Waals surface area contributed by atoms with Crippen molar-refractivity contribution >= 4 is 15.7 Å². The van der Waals surface area contributed by atoms with E-state index in [4.69, 9.17) is 0 Å². The van der Waals surface area contributed by atoms with Crippen LogP contribution in [-0.4, -0.2) is 37.3 Å². The summed E-state index contributed by atoms with van der Waals surface area (Å²) in [7, 11) is -3.53. The van der Waals surface area contributed by atoms with Crippen molar-refractivity contribution in [3.63, 3.8) is 0 Å². The van der Waals surface area contributed by atoms with Crippen LogP contribution in [0.2, 0.25) is 0 Å². The number of anilines is 1. The van der Waals surface area contributed by atoms with E-state index in [2.05, 4.69) is 24.1 Å². The van der Waals surface area contributed by atoms with Crippen molar-refractivity contribution in [2.45, 2.75) is 45.1 Å². The fourth-order valence-electron chi connectivity index (χ4n) is 2.68. The number of hydrogen-bond acceptors (Lipinski definition) is 4. The van der Waals surface area contributed by atoms with Gasteiger partial charge >= 0.3 is 0 Å². The fourth-order valence-corrected chi connectivity index (χ4v) is 4.24. The van der Waals surface area contributed by atoms with E-state index >= 15 is 0 Å². The summed E-state index contributed by atoms with van der Waals surface area (Å²) in [5.74, 6) is 0. The van der Waals surface area contributed by atoms with Crippen molar-refractivity contribution in [2.75, 3.05) is 25.0 Å². The molecule has 0 aliphatic carbocycles. The van der Waals surface area contributed by atoms with Crippen molar-refractivity contribution < 1.29 is 8.42 Å². The molecule has 21 heavy (non-hydrogen) atoms. The molecule has 1 N–H and O–H groups in total. The number of rotatable bonds is 4. The highest BCUT2D eigenvalue weighted by Crippen LogP contribution is 2.32. The van der Waals surface area contributed by atoms with E-state index in [1.807, 2.05) is 6.92 Å². The van der Waals surface area contributed by atoms with Crippen molar-refractivity contribution in [1.82, 2.24) is 9.29 Å². The third kappa shape index (κ3) is 3.74. The third-order valence-electron chi connectivity index (χ3n) is 4.02. The van der Waals surface area contributed by atoms with Gasteiger partial charge in [0.05, 0.1) is 5.69 Å². The first kappa shape index (κ1) is 16.2. The minimum Gasteiger partial charge on any atom is -0.383 e. The van der Waals surface area contributed by atoms with E-state index in [1.165, 1.54) is 6.20 Å². The predicted octanol–water partition coefficient (Wildman–Crippen LogP) is 2.71. The summed E-state index contributed by atoms with van der Waals surface area (Å²) in [4.78, 5) is 4.12. The molecule has 1 saturated heterocycles. The summed E-state index contributed by atoms with van der Waals surface area (Å²) < 4.78 is 27.3. The lowest BCUT2D eigenvalue weighted by Crippen LogP contribution is -2.33. The van der Waals surface area contributed by atoms with Crippen LogP contribution in [0.3, 0.4) is 0 Å². The molecule has 0 saturated carbocycles. The van der Waals surface area contributed by atoms with Crippen molar-refractivity contribution in [1.29, 1.82) is 0 Å². The maximum atomic E-state index is 12.9. The lowest BCUT2D eigenvalue weighted by Gasteiger charge is -2.23. The van der Waals surface area contributed by atoms with Gasteiger partial charge in [-0.25, -0.2) is 13.4 Å². The highest BCUT2D eigenvalue weighted by Gasteiger charge is 2.32. The maximum Gasteiger partial charge on any atom is 0.262 e. The van der Waals surface area contributed by atoms with E-state index in [0.29, 0.717) is 25.3 Å². The average molecular weight is 311 g/mol. The number of pyridine rings is 1. The van der Waals surface area contributed by atoms with Gasteiger partial charge in [-0.05, 0) is 43.7 Å². The highest BCUT2D eigenvalue weighted by atomic mass is 32.2. The van der Waals surface area contributed by atoms with Gasteiger partial charge < -0.3 is 5.32 Å². The van der Waals surface area contributed by atoms with Gasteiger partial charge in [-0.2, -0.15) is 4.31 Å². The van der Waals surface area contributed by atoms with Gasteiger partial charge in [-0.1, -0.05) is 13.8 Å². The number of nitrogens with one attached hydrogen (secondary N) is 1. The molecule has 0 spiro atoms. The number of hydrogen-bond donors (Lipinski definition) is 1. The molecule has 0 unspecified atom stereocenters. The van der Waals surface area contributed by atoms with E-state index in [1.54, 1.807) is 16.4 Å². The molecule has 0 aromatic carbocycles. The van der Waals surface area contributed by atoms with Gasteiger partial charge in [0, 0.05) is 25.8 Å². The zero-order valence-corrected chi connectivity index (χ0v) is 13.9. The number of aromatic nitrogens is 1. The summed E-state index contributed by atoms with van der Waals surface area (Å²) in [5.41, 5.74) is 0.794. The van der Waals surface area contributed by atoms with Crippen LogP contribution >= 0.6 is 0 Å². The molecule has 0 bridgehead atoms. The third-order valence-corrected chi connectivity index (χ3v) is 5.88. The lowest BCUT2D eigenvalue weighted by molar-refractivity contribution is 0.314. The first-order chi connectivity index (χ1) is 9.87. The average Bonchev–Trinajstić information content (AvgIpc) is 2.61. The molecule has 1 aliphatic rings. The topological polar surface area (TPSA) is 62.3 Å². The van der Waals surface area contributed by atoms with Gasteiger partial charge in [0.2, 0.25) is 0 Å². The van der Waals surface area contributed by atoms with Crippen LogP contribution in [-0.2, 0) is 10.0 Å². The minimum absolute atomic E-state index is 0.145. The molecule has 0 radical (unpaired) electrons. The molecule has 6 heteroatoms. The standard InChI is InChI=1S/C15H25N3O2S/c1-4-16-13-7-5-10-17-14(13)21(19,20)18-11-6-8-15(2,3)9-12-18/h5,7,10,16H,4,6,8-9,11-12H2,1-3H3. The van der Waals surface area contributed by atoms with Crippen molar-refractivity contribution in [3.8, 4) is 0 Å². The van der Waals surface area contributed by atoms with Gasteiger partial charge in [0.1, 0.15) is 0 Å². The normalized spacial score (nSPS) is 20.0. The summed E-state index contributed by atoms with van der Waals surface area (Å²) in [6.45, 7) is 8.16. The Morgan fingerprint density at radius 3 is 2.81 bits per heavy atom. The SMILES string of the molecule is CCNc1cccnc1S(=O)(=O)N1CCCC(C)(C)CC1. The van der Waals surface area contributed by atoms with E-state index < -0.39 is 10.0 Å². The zero-order valence-electron chi connectivity index (χ0n) is 13.1. The Bertz CT molecular complexity index is 584. The molecule has 1 aromatic rings. The molecule has 0 atom stereocenters. The van der Waals surface area contributed by atoms with Crippen LogP contribution in [0, 0.1) is 5.41 Å². The molecular formula is C15H25N3O2S. The van der Waals surface area contributed by atoms with Gasteiger partial charge in [-0.15, -0.1) is 0 Å². The van der Waals surface area contributed by atoms with E-state index in [0.717, 1.165) is 19.3 Å². The van der Waals surface area contributed by atoms with Gasteiger partial charge in [0.15, 0.2) is 5.03 Å². The molecule has 5 nitrogen and oxygen atoms in total. The maximum absolute atomic E-state index is 12.9. The first-order valence-electron chi connectivity index (χ1n) is 7.56. The fraction of sp³-hybridized carbons (Fsp3) is 0.667. The molecule has 0 amide bonds. The van der Waals surface area contributed by atoms with Crippen molar-refractivity contribution in [2.24, 2.45) is 5.41 Å². The van der Waals surface area contributed by atoms with Gasteiger partial charge in [-0.3, -0.25) is 0 Å². The predicted molar refractivity (Wildman–Crippen MR) is 84.8 cm³/mol. The van der Waals surface area contributed by atoms with Crippen LogP contribution in [0.1, 0.15) is 40.0 Å². The summed E-state index contributed by atoms with van der Waals surface area (Å²) in [6.07, 6.45) is 4.38. The Balaban J connectivity index is 2.30. The molecule has 2 rings (SSSR count). The Hall–Kier alpha value is -1.14. The molecule has 118 valence electrons. The molecule has 1 aromatic heterocycles. The second kappa shape index (κ2) is 6.32. The lowest BCUT2D eigenvalue weighted by atomic mass is 9.85. The summed E-state index contributed by atoms with van der Waals surface area (Å²) in [6, 6.07) is 3.52. The Kier molecular flexibility index (Phi) is 4.88. The Labute approximate surface area is 127 Å². The first-order valence-corrected chi connectivity index (χ1v) is 9.00. The monoisotopic (exact) mass is 311 g/mol. The van der Waals surface area contributed by atoms with Gasteiger partial charge in [0.25, 0.3) is 10.0 Å². The van der Waals surface area contributed by atoms with Crippen LogP contribution in [0.4, 0.5) is 5.69 Å². The van der Waals surface area contributed by atoms with E-state index in [-0.39, 0.29) is 10.4 Å². The summed E-state index contributed by atoms with van der Waals surface area (Å²) in [5, 5.41) is 3.23.